The number of benzene rings is 1. The van der Waals surface area contributed by atoms with Gasteiger partial charge in [0.05, 0.1) is 25.9 Å². The zero-order valence-corrected chi connectivity index (χ0v) is 16.6. The SMILES string of the molecule is CON1C(=O)C(c2ccccc2Cl)=C(OC(C)=O)C12CCC1(CC2)OCCO1. The fraction of sp³-hybridized carbons (Fsp3) is 0.500. The summed E-state index contributed by atoms with van der Waals surface area (Å²) in [7, 11) is 1.44. The van der Waals surface area contributed by atoms with Crippen molar-refractivity contribution in [1.82, 2.24) is 5.06 Å². The minimum absolute atomic E-state index is 0.256. The molecule has 2 heterocycles. The molecule has 7 nitrogen and oxygen atoms in total. The molecule has 0 N–H and O–H groups in total. The third kappa shape index (κ3) is 2.93. The highest BCUT2D eigenvalue weighted by Gasteiger charge is 2.59. The molecule has 0 bridgehead atoms. The Morgan fingerprint density at radius 1 is 1.14 bits per heavy atom. The first kappa shape index (κ1) is 19.4. The van der Waals surface area contributed by atoms with Crippen LogP contribution in [0.25, 0.3) is 5.57 Å². The van der Waals surface area contributed by atoms with Crippen molar-refractivity contribution in [2.75, 3.05) is 20.3 Å². The van der Waals surface area contributed by atoms with Crippen LogP contribution >= 0.6 is 11.6 Å². The van der Waals surface area contributed by atoms with E-state index >= 15 is 0 Å². The van der Waals surface area contributed by atoms with Crippen LogP contribution in [0.15, 0.2) is 30.0 Å². The Bertz CT molecular complexity index is 835. The molecule has 2 aliphatic heterocycles. The molecule has 0 aromatic heterocycles. The van der Waals surface area contributed by atoms with Gasteiger partial charge in [-0.15, -0.1) is 0 Å². The summed E-state index contributed by atoms with van der Waals surface area (Å²) >= 11 is 6.36. The highest BCUT2D eigenvalue weighted by molar-refractivity contribution is 6.35. The van der Waals surface area contributed by atoms with E-state index in [9.17, 15) is 9.59 Å². The molecule has 1 aliphatic carbocycles. The summed E-state index contributed by atoms with van der Waals surface area (Å²) in [4.78, 5) is 30.7. The standard InChI is InChI=1S/C20H22ClNO6/c1-13(23)28-17-16(14-5-3-4-6-15(14)21)18(24)22(25-2)19(17)7-9-20(10-8-19)26-11-12-27-20/h3-6H,7-12H2,1-2H3. The molecule has 2 fully saturated rings. The molecule has 8 heteroatoms. The van der Waals surface area contributed by atoms with Crippen molar-refractivity contribution in [3.05, 3.63) is 40.6 Å². The van der Waals surface area contributed by atoms with Crippen molar-refractivity contribution in [1.29, 1.82) is 0 Å². The van der Waals surface area contributed by atoms with Crippen molar-refractivity contribution in [2.45, 2.75) is 43.9 Å². The number of ether oxygens (including phenoxy) is 3. The van der Waals surface area contributed by atoms with Crippen molar-refractivity contribution in [2.24, 2.45) is 0 Å². The van der Waals surface area contributed by atoms with Gasteiger partial charge in [0, 0.05) is 30.4 Å². The van der Waals surface area contributed by atoms with Crippen LogP contribution in [0.4, 0.5) is 0 Å². The van der Waals surface area contributed by atoms with Crippen molar-refractivity contribution in [3.63, 3.8) is 0 Å². The summed E-state index contributed by atoms with van der Waals surface area (Å²) in [5.41, 5.74) is -0.142. The number of nitrogens with zero attached hydrogens (tertiary/aromatic N) is 1. The summed E-state index contributed by atoms with van der Waals surface area (Å²) in [6, 6.07) is 6.99. The van der Waals surface area contributed by atoms with Gasteiger partial charge in [0.25, 0.3) is 5.91 Å². The van der Waals surface area contributed by atoms with Gasteiger partial charge in [0.15, 0.2) is 5.79 Å². The Morgan fingerprint density at radius 3 is 2.36 bits per heavy atom. The number of amides is 1. The number of carbonyl (C=O) groups is 2. The second kappa shape index (κ2) is 7.15. The number of hydrogen-bond donors (Lipinski definition) is 0. The van der Waals surface area contributed by atoms with Crippen molar-refractivity contribution in [3.8, 4) is 0 Å². The van der Waals surface area contributed by atoms with Crippen molar-refractivity contribution >= 4 is 29.1 Å². The molecule has 1 saturated heterocycles. The Balaban J connectivity index is 1.82. The van der Waals surface area contributed by atoms with E-state index in [1.807, 2.05) is 0 Å². The summed E-state index contributed by atoms with van der Waals surface area (Å²) in [5.74, 6) is -1.23. The molecule has 1 amide bonds. The molecule has 28 heavy (non-hydrogen) atoms. The molecule has 0 radical (unpaired) electrons. The maximum atomic E-state index is 13.3. The predicted molar refractivity (Wildman–Crippen MR) is 99.8 cm³/mol. The van der Waals surface area contributed by atoms with Gasteiger partial charge in [0.2, 0.25) is 0 Å². The van der Waals surface area contributed by atoms with Gasteiger partial charge in [-0.1, -0.05) is 29.8 Å². The molecule has 150 valence electrons. The minimum atomic E-state index is -0.910. The van der Waals surface area contributed by atoms with E-state index in [0.717, 1.165) is 0 Å². The number of hydroxylamine groups is 2. The zero-order chi connectivity index (χ0) is 19.9. The summed E-state index contributed by atoms with van der Waals surface area (Å²) < 4.78 is 17.3. The highest BCUT2D eigenvalue weighted by Crippen LogP contribution is 2.52. The number of hydrogen-bond acceptors (Lipinski definition) is 6. The Hall–Kier alpha value is -1.93. The molecule has 0 atom stereocenters. The van der Waals surface area contributed by atoms with Crippen molar-refractivity contribution < 1.29 is 28.6 Å². The third-order valence-electron chi connectivity index (χ3n) is 5.66. The van der Waals surface area contributed by atoms with E-state index in [1.54, 1.807) is 24.3 Å². The molecular formula is C20H22ClNO6. The highest BCUT2D eigenvalue weighted by atomic mass is 35.5. The maximum absolute atomic E-state index is 13.3. The lowest BCUT2D eigenvalue weighted by Gasteiger charge is -2.45. The Morgan fingerprint density at radius 2 is 1.79 bits per heavy atom. The first-order valence-corrected chi connectivity index (χ1v) is 9.65. The fourth-order valence-corrected chi connectivity index (χ4v) is 4.66. The molecular weight excluding hydrogens is 386 g/mol. The second-order valence-corrected chi connectivity index (χ2v) is 7.61. The second-order valence-electron chi connectivity index (χ2n) is 7.20. The van der Waals surface area contributed by atoms with Gasteiger partial charge < -0.3 is 14.2 Å². The monoisotopic (exact) mass is 407 g/mol. The van der Waals surface area contributed by atoms with Crippen LogP contribution in [0.2, 0.25) is 5.02 Å². The van der Waals surface area contributed by atoms with Gasteiger partial charge in [-0.3, -0.25) is 14.4 Å². The largest absolute Gasteiger partial charge is 0.428 e. The molecule has 0 unspecified atom stereocenters. The van der Waals surface area contributed by atoms with Gasteiger partial charge in [-0.25, -0.2) is 5.06 Å². The van der Waals surface area contributed by atoms with Gasteiger partial charge in [-0.05, 0) is 18.9 Å². The van der Waals surface area contributed by atoms with Gasteiger partial charge in [0.1, 0.15) is 11.3 Å². The Labute approximate surface area is 168 Å². The molecule has 1 aromatic rings. The molecule has 2 spiro atoms. The lowest BCUT2D eigenvalue weighted by atomic mass is 9.77. The van der Waals surface area contributed by atoms with E-state index in [4.69, 9.17) is 30.6 Å². The van der Waals surface area contributed by atoms with Gasteiger partial charge >= 0.3 is 5.97 Å². The molecule has 3 aliphatic rings. The van der Waals surface area contributed by atoms with Crippen LogP contribution < -0.4 is 0 Å². The quantitative estimate of drug-likeness (QED) is 0.717. The van der Waals surface area contributed by atoms with E-state index in [-0.39, 0.29) is 17.2 Å². The lowest BCUT2D eigenvalue weighted by Crippen LogP contribution is -2.54. The normalized spacial score (nSPS) is 23.1. The molecule has 1 aromatic carbocycles. The predicted octanol–water partition coefficient (Wildman–Crippen LogP) is 3.07. The minimum Gasteiger partial charge on any atom is -0.428 e. The average Bonchev–Trinajstić information content (AvgIpc) is 3.20. The smallest absolute Gasteiger partial charge is 0.307 e. The van der Waals surface area contributed by atoms with Crippen LogP contribution in [0.3, 0.4) is 0 Å². The van der Waals surface area contributed by atoms with Crippen LogP contribution in [0.5, 0.6) is 0 Å². The summed E-state index contributed by atoms with van der Waals surface area (Å²) in [6.07, 6.45) is 2.06. The van der Waals surface area contributed by atoms with Gasteiger partial charge in [-0.2, -0.15) is 0 Å². The van der Waals surface area contributed by atoms with Crippen LogP contribution in [0, 0.1) is 0 Å². The fourth-order valence-electron chi connectivity index (χ4n) is 4.43. The first-order chi connectivity index (χ1) is 13.4. The van der Waals surface area contributed by atoms with E-state index in [2.05, 4.69) is 0 Å². The molecule has 4 rings (SSSR count). The summed E-state index contributed by atoms with van der Waals surface area (Å²) in [5, 5.41) is 1.71. The topological polar surface area (TPSA) is 74.3 Å². The van der Waals surface area contributed by atoms with Crippen LogP contribution in [-0.2, 0) is 28.6 Å². The number of esters is 1. The van der Waals surface area contributed by atoms with Crippen LogP contribution in [-0.4, -0.2) is 48.6 Å². The average molecular weight is 408 g/mol. The molecule has 1 saturated carbocycles. The van der Waals surface area contributed by atoms with Crippen LogP contribution in [0.1, 0.15) is 38.2 Å². The number of rotatable bonds is 3. The third-order valence-corrected chi connectivity index (χ3v) is 5.99. The maximum Gasteiger partial charge on any atom is 0.307 e. The van der Waals surface area contributed by atoms with E-state index in [1.165, 1.54) is 19.1 Å². The first-order valence-electron chi connectivity index (χ1n) is 9.27. The van der Waals surface area contributed by atoms with E-state index < -0.39 is 17.3 Å². The summed E-state index contributed by atoms with van der Waals surface area (Å²) in [6.45, 7) is 2.42. The van der Waals surface area contributed by atoms with E-state index in [0.29, 0.717) is 49.5 Å². The number of carbonyl (C=O) groups excluding carboxylic acids is 2. The number of halogens is 1. The lowest BCUT2D eigenvalue weighted by molar-refractivity contribution is -0.233. The Kier molecular flexibility index (Phi) is 4.95. The zero-order valence-electron chi connectivity index (χ0n) is 15.8.